The molecule has 1 saturated heterocycles. The van der Waals surface area contributed by atoms with Crippen LogP contribution < -0.4 is 10.2 Å². The fourth-order valence-corrected chi connectivity index (χ4v) is 4.53. The van der Waals surface area contributed by atoms with E-state index in [1.54, 1.807) is 18.5 Å². The quantitative estimate of drug-likeness (QED) is 0.524. The molecule has 3 aromatic heterocycles. The van der Waals surface area contributed by atoms with Gasteiger partial charge in [-0.1, -0.05) is 6.58 Å². The highest BCUT2D eigenvalue weighted by molar-refractivity contribution is 7.99. The summed E-state index contributed by atoms with van der Waals surface area (Å²) in [5.74, 6) is 2.67. The molecule has 1 aliphatic heterocycles. The summed E-state index contributed by atoms with van der Waals surface area (Å²) in [7, 11) is 0. The van der Waals surface area contributed by atoms with Gasteiger partial charge in [-0.05, 0) is 31.2 Å². The van der Waals surface area contributed by atoms with Gasteiger partial charge in [0.1, 0.15) is 17.6 Å². The standard InChI is InChI=1S/C24H21F3N6S/c1-15(17-3-4-29-22(10-17)24(25,26)27)32-20-11-21(16(2)30-14-20)19-9-18(12-28)23(31-13-19)33-5-7-34-8-6-33/h3-4,9-11,13-14,32H,1,5-8H2,2H3. The van der Waals surface area contributed by atoms with Gasteiger partial charge in [-0.2, -0.15) is 30.2 Å². The highest BCUT2D eigenvalue weighted by Crippen LogP contribution is 2.31. The number of nitrogens with zero attached hydrogens (tertiary/aromatic N) is 5. The van der Waals surface area contributed by atoms with Crippen LogP contribution in [0.1, 0.15) is 22.5 Å². The number of pyridine rings is 3. The second kappa shape index (κ2) is 9.73. The van der Waals surface area contributed by atoms with Gasteiger partial charge in [0.25, 0.3) is 0 Å². The Kier molecular flexibility index (Phi) is 6.75. The highest BCUT2D eigenvalue weighted by atomic mass is 32.2. The van der Waals surface area contributed by atoms with Crippen LogP contribution in [0.15, 0.2) is 49.4 Å². The summed E-state index contributed by atoms with van der Waals surface area (Å²) in [5.41, 5.74) is 2.81. The Morgan fingerprint density at radius 1 is 1.15 bits per heavy atom. The zero-order valence-corrected chi connectivity index (χ0v) is 19.2. The highest BCUT2D eigenvalue weighted by Gasteiger charge is 2.32. The van der Waals surface area contributed by atoms with Crippen LogP contribution >= 0.6 is 11.8 Å². The average molecular weight is 483 g/mol. The number of anilines is 2. The van der Waals surface area contributed by atoms with E-state index in [-0.39, 0.29) is 11.3 Å². The van der Waals surface area contributed by atoms with Gasteiger partial charge in [0, 0.05) is 65.1 Å². The van der Waals surface area contributed by atoms with E-state index in [0.29, 0.717) is 17.1 Å². The lowest BCUT2D eigenvalue weighted by Gasteiger charge is -2.28. The van der Waals surface area contributed by atoms with Gasteiger partial charge in [0.05, 0.1) is 17.4 Å². The van der Waals surface area contributed by atoms with Crippen LogP contribution in [0.2, 0.25) is 0 Å². The molecule has 34 heavy (non-hydrogen) atoms. The number of aryl methyl sites for hydroxylation is 1. The zero-order valence-electron chi connectivity index (χ0n) is 18.4. The predicted octanol–water partition coefficient (Wildman–Crippen LogP) is 5.37. The minimum Gasteiger partial charge on any atom is -0.354 e. The van der Waals surface area contributed by atoms with E-state index in [1.165, 1.54) is 6.07 Å². The van der Waals surface area contributed by atoms with Crippen molar-refractivity contribution in [2.75, 3.05) is 34.8 Å². The number of nitrogens with one attached hydrogen (secondary N) is 1. The van der Waals surface area contributed by atoms with Crippen molar-refractivity contribution >= 4 is 29.0 Å². The van der Waals surface area contributed by atoms with Crippen LogP contribution in [-0.2, 0) is 6.18 Å². The van der Waals surface area contributed by atoms with Crippen molar-refractivity contribution in [3.8, 4) is 17.2 Å². The smallest absolute Gasteiger partial charge is 0.354 e. The van der Waals surface area contributed by atoms with E-state index in [4.69, 9.17) is 0 Å². The van der Waals surface area contributed by atoms with Gasteiger partial charge >= 0.3 is 6.18 Å². The van der Waals surface area contributed by atoms with E-state index in [2.05, 4.69) is 37.8 Å². The van der Waals surface area contributed by atoms with Gasteiger partial charge in [0.2, 0.25) is 0 Å². The van der Waals surface area contributed by atoms with Gasteiger partial charge in [-0.3, -0.25) is 9.97 Å². The van der Waals surface area contributed by atoms with Gasteiger partial charge in [0.15, 0.2) is 0 Å². The summed E-state index contributed by atoms with van der Waals surface area (Å²) in [6.07, 6.45) is -0.145. The molecule has 0 unspecified atom stereocenters. The first-order chi connectivity index (χ1) is 16.3. The summed E-state index contributed by atoms with van der Waals surface area (Å²) in [6.45, 7) is 7.40. The second-order valence-corrected chi connectivity index (χ2v) is 8.92. The Morgan fingerprint density at radius 3 is 2.62 bits per heavy atom. The fraction of sp³-hybridized carbons (Fsp3) is 0.250. The average Bonchev–Trinajstić information content (AvgIpc) is 2.85. The van der Waals surface area contributed by atoms with Gasteiger partial charge in [-0.25, -0.2) is 4.98 Å². The molecular formula is C24H21F3N6S. The molecule has 0 saturated carbocycles. The molecule has 4 rings (SSSR count). The minimum absolute atomic E-state index is 0.266. The van der Waals surface area contributed by atoms with Crippen molar-refractivity contribution in [2.45, 2.75) is 13.1 Å². The molecule has 0 spiro atoms. The molecule has 0 aromatic carbocycles. The van der Waals surface area contributed by atoms with Crippen molar-refractivity contribution in [1.82, 2.24) is 15.0 Å². The molecule has 1 aliphatic rings. The Bertz CT molecular complexity index is 1260. The third-order valence-corrected chi connectivity index (χ3v) is 6.33. The number of halogens is 3. The maximum absolute atomic E-state index is 13.0. The van der Waals surface area contributed by atoms with Gasteiger partial charge in [-0.15, -0.1) is 0 Å². The number of thioether (sulfide) groups is 1. The maximum Gasteiger partial charge on any atom is 0.433 e. The largest absolute Gasteiger partial charge is 0.433 e. The number of alkyl halides is 3. The predicted molar refractivity (Wildman–Crippen MR) is 128 cm³/mol. The molecule has 1 fully saturated rings. The Morgan fingerprint density at radius 2 is 1.91 bits per heavy atom. The molecule has 4 heterocycles. The first-order valence-electron chi connectivity index (χ1n) is 10.5. The number of nitriles is 1. The number of aromatic nitrogens is 3. The lowest BCUT2D eigenvalue weighted by atomic mass is 10.0. The van der Waals surface area contributed by atoms with Crippen molar-refractivity contribution in [2.24, 2.45) is 0 Å². The third kappa shape index (κ3) is 5.15. The van der Waals surface area contributed by atoms with Crippen LogP contribution in [0.5, 0.6) is 0 Å². The van der Waals surface area contributed by atoms with E-state index >= 15 is 0 Å². The van der Waals surface area contributed by atoms with Crippen molar-refractivity contribution in [3.05, 3.63) is 71.9 Å². The molecule has 0 atom stereocenters. The van der Waals surface area contributed by atoms with Crippen molar-refractivity contribution < 1.29 is 13.2 Å². The summed E-state index contributed by atoms with van der Waals surface area (Å²) < 4.78 is 39.0. The summed E-state index contributed by atoms with van der Waals surface area (Å²) in [6, 6.07) is 8.26. The van der Waals surface area contributed by atoms with Crippen LogP contribution in [-0.4, -0.2) is 39.5 Å². The fourth-order valence-electron chi connectivity index (χ4n) is 3.63. The summed E-state index contributed by atoms with van der Waals surface area (Å²) in [4.78, 5) is 14.5. The van der Waals surface area contributed by atoms with Gasteiger partial charge < -0.3 is 10.2 Å². The van der Waals surface area contributed by atoms with Crippen LogP contribution in [0.25, 0.3) is 16.8 Å². The third-order valence-electron chi connectivity index (χ3n) is 5.39. The minimum atomic E-state index is -4.54. The van der Waals surface area contributed by atoms with Crippen LogP contribution in [0.4, 0.5) is 24.7 Å². The lowest BCUT2D eigenvalue weighted by Crippen LogP contribution is -2.33. The van der Waals surface area contributed by atoms with E-state index in [9.17, 15) is 18.4 Å². The van der Waals surface area contributed by atoms with E-state index in [0.717, 1.165) is 53.7 Å². The normalized spacial score (nSPS) is 13.9. The van der Waals surface area contributed by atoms with Crippen LogP contribution in [0, 0.1) is 18.3 Å². The Labute approximate surface area is 199 Å². The first-order valence-corrected chi connectivity index (χ1v) is 11.6. The SMILES string of the molecule is C=C(Nc1cnc(C)c(-c2cnc(N3CCSCC3)c(C#N)c2)c1)c1ccnc(C(F)(F)F)c1. The van der Waals surface area contributed by atoms with Crippen LogP contribution in [0.3, 0.4) is 0 Å². The van der Waals surface area contributed by atoms with E-state index in [1.807, 2.05) is 24.8 Å². The summed E-state index contributed by atoms with van der Waals surface area (Å²) in [5, 5.41) is 12.7. The number of hydrogen-bond acceptors (Lipinski definition) is 7. The molecule has 0 radical (unpaired) electrons. The number of rotatable bonds is 5. The lowest BCUT2D eigenvalue weighted by molar-refractivity contribution is -0.141. The van der Waals surface area contributed by atoms with Crippen molar-refractivity contribution in [1.29, 1.82) is 5.26 Å². The number of hydrogen-bond donors (Lipinski definition) is 1. The zero-order chi connectivity index (χ0) is 24.3. The van der Waals surface area contributed by atoms with E-state index < -0.39 is 11.9 Å². The Hall–Kier alpha value is -3.58. The Balaban J connectivity index is 1.60. The molecule has 1 N–H and O–H groups in total. The molecule has 0 bridgehead atoms. The molecule has 0 amide bonds. The van der Waals surface area contributed by atoms with Crippen molar-refractivity contribution in [3.63, 3.8) is 0 Å². The first kappa shape index (κ1) is 23.6. The molecule has 6 nitrogen and oxygen atoms in total. The second-order valence-electron chi connectivity index (χ2n) is 7.69. The maximum atomic E-state index is 13.0. The molecule has 10 heteroatoms. The molecule has 0 aliphatic carbocycles. The monoisotopic (exact) mass is 482 g/mol. The molecular weight excluding hydrogens is 461 g/mol. The summed E-state index contributed by atoms with van der Waals surface area (Å²) >= 11 is 1.88. The topological polar surface area (TPSA) is 77.7 Å². The molecule has 174 valence electrons. The molecule has 3 aromatic rings.